The maximum Gasteiger partial charge on any atom is 0.319 e. The van der Waals surface area contributed by atoms with Gasteiger partial charge in [0.25, 0.3) is 0 Å². The van der Waals surface area contributed by atoms with Crippen LogP contribution in [0.1, 0.15) is 16.8 Å². The molecule has 0 aliphatic carbocycles. The van der Waals surface area contributed by atoms with Crippen molar-refractivity contribution in [1.82, 2.24) is 15.3 Å². The lowest BCUT2D eigenvalue weighted by Gasteiger charge is -2.12. The van der Waals surface area contributed by atoms with E-state index in [9.17, 15) is 4.79 Å². The van der Waals surface area contributed by atoms with E-state index in [-0.39, 0.29) is 6.03 Å². The first-order chi connectivity index (χ1) is 14.9. The van der Waals surface area contributed by atoms with E-state index in [4.69, 9.17) is 4.74 Å². The summed E-state index contributed by atoms with van der Waals surface area (Å²) >= 11 is 0. The van der Waals surface area contributed by atoms with Crippen molar-refractivity contribution in [3.63, 3.8) is 0 Å². The third kappa shape index (κ3) is 6.33. The number of carbonyl (C=O) groups excluding carboxylic acids is 1. The maximum atomic E-state index is 12.1. The fourth-order valence-electron chi connectivity index (χ4n) is 2.94. The van der Waals surface area contributed by atoms with Gasteiger partial charge >= 0.3 is 6.03 Å². The molecule has 3 aromatic rings. The van der Waals surface area contributed by atoms with Crippen LogP contribution in [-0.4, -0.2) is 36.2 Å². The molecule has 8 heteroatoms. The molecule has 0 radical (unpaired) electrons. The van der Waals surface area contributed by atoms with Crippen molar-refractivity contribution >= 4 is 29.2 Å². The molecule has 4 N–H and O–H groups in total. The van der Waals surface area contributed by atoms with Gasteiger partial charge in [0.2, 0.25) is 5.95 Å². The Labute approximate surface area is 182 Å². The van der Waals surface area contributed by atoms with Crippen LogP contribution in [0.25, 0.3) is 0 Å². The highest BCUT2D eigenvalue weighted by atomic mass is 16.5. The molecule has 0 atom stereocenters. The molecule has 1 heterocycles. The van der Waals surface area contributed by atoms with Gasteiger partial charge in [-0.2, -0.15) is 4.98 Å². The smallest absolute Gasteiger partial charge is 0.319 e. The average Bonchev–Trinajstić information content (AvgIpc) is 2.75. The zero-order chi connectivity index (χ0) is 22.2. The summed E-state index contributed by atoms with van der Waals surface area (Å²) in [5, 5.41) is 12.1. The largest absolute Gasteiger partial charge is 0.497 e. The molecule has 2 aromatic carbocycles. The summed E-state index contributed by atoms with van der Waals surface area (Å²) in [5.74, 6) is 1.97. The fraction of sp³-hybridized carbons (Fsp3) is 0.261. The van der Waals surface area contributed by atoms with Gasteiger partial charge in [-0.15, -0.1) is 0 Å². The van der Waals surface area contributed by atoms with Crippen LogP contribution in [0.15, 0.2) is 48.5 Å². The molecule has 0 fully saturated rings. The van der Waals surface area contributed by atoms with Gasteiger partial charge in [-0.1, -0.05) is 12.1 Å². The molecule has 0 unspecified atom stereocenters. The van der Waals surface area contributed by atoms with Crippen LogP contribution >= 0.6 is 0 Å². The molecule has 0 saturated carbocycles. The Hall–Kier alpha value is -3.81. The zero-order valence-electron chi connectivity index (χ0n) is 18.2. The van der Waals surface area contributed by atoms with Crippen molar-refractivity contribution in [3.05, 3.63) is 65.4 Å². The number of rotatable bonds is 8. The number of methoxy groups -OCH3 is 1. The van der Waals surface area contributed by atoms with Gasteiger partial charge in [0.15, 0.2) is 0 Å². The minimum absolute atomic E-state index is 0.248. The van der Waals surface area contributed by atoms with E-state index in [0.717, 1.165) is 33.9 Å². The second-order valence-electron chi connectivity index (χ2n) is 7.13. The monoisotopic (exact) mass is 420 g/mol. The summed E-state index contributed by atoms with van der Waals surface area (Å²) in [4.78, 5) is 21.0. The third-order valence-corrected chi connectivity index (χ3v) is 4.76. The second-order valence-corrected chi connectivity index (χ2v) is 7.13. The van der Waals surface area contributed by atoms with Gasteiger partial charge in [0.05, 0.1) is 7.11 Å². The summed E-state index contributed by atoms with van der Waals surface area (Å²) in [7, 11) is 1.64. The quantitative estimate of drug-likeness (QED) is 0.403. The number of hydrogen-bond donors (Lipinski definition) is 4. The first-order valence-electron chi connectivity index (χ1n) is 10.1. The predicted octanol–water partition coefficient (Wildman–Crippen LogP) is 4.39. The Balaban J connectivity index is 1.49. The van der Waals surface area contributed by atoms with E-state index in [1.165, 1.54) is 0 Å². The highest BCUT2D eigenvalue weighted by molar-refractivity contribution is 5.90. The van der Waals surface area contributed by atoms with Crippen molar-refractivity contribution in [1.29, 1.82) is 0 Å². The van der Waals surface area contributed by atoms with Crippen LogP contribution in [-0.2, 0) is 0 Å². The molecule has 8 nitrogen and oxygen atoms in total. The van der Waals surface area contributed by atoms with E-state index in [2.05, 4.69) is 31.2 Å². The van der Waals surface area contributed by atoms with Crippen molar-refractivity contribution in [2.45, 2.75) is 20.8 Å². The summed E-state index contributed by atoms with van der Waals surface area (Å²) in [6.07, 6.45) is 0. The van der Waals surface area contributed by atoms with Crippen molar-refractivity contribution in [2.75, 3.05) is 36.1 Å². The number of amides is 2. The number of aryl methyl sites for hydroxylation is 2. The number of nitrogens with zero attached hydrogens (tertiary/aromatic N) is 2. The molecule has 3 rings (SSSR count). The first-order valence-corrected chi connectivity index (χ1v) is 10.1. The first kappa shape index (κ1) is 21.9. The van der Waals surface area contributed by atoms with Crippen molar-refractivity contribution in [3.8, 4) is 5.75 Å². The molecule has 162 valence electrons. The molecule has 2 amide bonds. The minimum Gasteiger partial charge on any atom is -0.497 e. The molecule has 0 spiro atoms. The number of ether oxygens (including phenoxy) is 1. The molecule has 31 heavy (non-hydrogen) atoms. The SMILES string of the molecule is COc1ccc(Nc2cc(C)nc(NCCNC(=O)Nc3cccc(C)c3C)n2)cc1. The van der Waals surface area contributed by atoms with Crippen LogP contribution in [0.5, 0.6) is 5.75 Å². The van der Waals surface area contributed by atoms with Crippen LogP contribution in [0.4, 0.5) is 27.9 Å². The standard InChI is InChI=1S/C23H28N6O2/c1-15-6-5-7-20(17(15)3)28-23(30)25-13-12-24-22-26-16(2)14-21(29-22)27-18-8-10-19(31-4)11-9-18/h5-11,14H,12-13H2,1-4H3,(H2,25,28,30)(H2,24,26,27,29). The number of benzene rings is 2. The maximum absolute atomic E-state index is 12.1. The van der Waals surface area contributed by atoms with Gasteiger partial charge < -0.3 is 26.0 Å². The Morgan fingerprint density at radius 3 is 2.52 bits per heavy atom. The lowest BCUT2D eigenvalue weighted by Crippen LogP contribution is -2.33. The van der Waals surface area contributed by atoms with Crippen molar-refractivity contribution in [2.24, 2.45) is 0 Å². The number of hydrogen-bond acceptors (Lipinski definition) is 6. The lowest BCUT2D eigenvalue weighted by atomic mass is 10.1. The lowest BCUT2D eigenvalue weighted by molar-refractivity contribution is 0.252. The van der Waals surface area contributed by atoms with Crippen LogP contribution in [0.3, 0.4) is 0 Å². The number of nitrogens with one attached hydrogen (secondary N) is 4. The van der Waals surface area contributed by atoms with E-state index >= 15 is 0 Å². The van der Waals surface area contributed by atoms with Gasteiger partial charge in [-0.3, -0.25) is 0 Å². The third-order valence-electron chi connectivity index (χ3n) is 4.76. The van der Waals surface area contributed by atoms with Gasteiger partial charge in [-0.05, 0) is 62.2 Å². The summed E-state index contributed by atoms with van der Waals surface area (Å²) in [6, 6.07) is 15.0. The molecule has 0 bridgehead atoms. The normalized spacial score (nSPS) is 10.3. The Morgan fingerprint density at radius 1 is 1.00 bits per heavy atom. The minimum atomic E-state index is -0.248. The van der Waals surface area contributed by atoms with Crippen molar-refractivity contribution < 1.29 is 9.53 Å². The van der Waals surface area contributed by atoms with Gasteiger partial charge in [0.1, 0.15) is 11.6 Å². The Morgan fingerprint density at radius 2 is 1.77 bits per heavy atom. The van der Waals surface area contributed by atoms with E-state index in [1.54, 1.807) is 7.11 Å². The van der Waals surface area contributed by atoms with Crippen LogP contribution in [0, 0.1) is 20.8 Å². The zero-order valence-corrected chi connectivity index (χ0v) is 18.2. The highest BCUT2D eigenvalue weighted by Gasteiger charge is 2.06. The Bertz CT molecular complexity index is 1040. The summed E-state index contributed by atoms with van der Waals surface area (Å²) in [5.41, 5.74) is 4.72. The number of aromatic nitrogens is 2. The molecule has 1 aromatic heterocycles. The summed E-state index contributed by atoms with van der Waals surface area (Å²) < 4.78 is 5.18. The number of anilines is 4. The van der Waals surface area contributed by atoms with Gasteiger partial charge in [-0.25, -0.2) is 9.78 Å². The molecular weight excluding hydrogens is 392 g/mol. The number of urea groups is 1. The predicted molar refractivity (Wildman–Crippen MR) is 124 cm³/mol. The topological polar surface area (TPSA) is 100 Å². The highest BCUT2D eigenvalue weighted by Crippen LogP contribution is 2.20. The van der Waals surface area contributed by atoms with Gasteiger partial charge in [0, 0.05) is 36.2 Å². The Kier molecular flexibility index (Phi) is 7.26. The fourth-order valence-corrected chi connectivity index (χ4v) is 2.94. The van der Waals surface area contributed by atoms with E-state index in [0.29, 0.717) is 24.9 Å². The van der Waals surface area contributed by atoms with E-state index < -0.39 is 0 Å². The van der Waals surface area contributed by atoms with Crippen LogP contribution in [0.2, 0.25) is 0 Å². The molecule has 0 aliphatic heterocycles. The molecule has 0 saturated heterocycles. The summed E-state index contributed by atoms with van der Waals surface area (Å²) in [6.45, 7) is 6.82. The molecular formula is C23H28N6O2. The van der Waals surface area contributed by atoms with E-state index in [1.807, 2.05) is 69.3 Å². The molecule has 0 aliphatic rings. The van der Waals surface area contributed by atoms with Crippen LogP contribution < -0.4 is 26.0 Å². The average molecular weight is 421 g/mol. The second kappa shape index (κ2) is 10.3. The number of carbonyl (C=O) groups is 1.